The van der Waals surface area contributed by atoms with Crippen LogP contribution >= 0.6 is 0 Å². The second kappa shape index (κ2) is 7.44. The van der Waals surface area contributed by atoms with E-state index in [1.165, 1.54) is 0 Å². The van der Waals surface area contributed by atoms with Crippen LogP contribution in [0.2, 0.25) is 0 Å². The number of ether oxygens (including phenoxy) is 1. The molecule has 4 rings (SSSR count). The van der Waals surface area contributed by atoms with Crippen molar-refractivity contribution < 1.29 is 9.53 Å². The van der Waals surface area contributed by atoms with Crippen LogP contribution in [0.5, 0.6) is 0 Å². The number of aldehydes is 1. The molecule has 0 bridgehead atoms. The van der Waals surface area contributed by atoms with Crippen LogP contribution in [-0.2, 0) is 4.74 Å². The Bertz CT molecular complexity index is 960. The number of carbonyl (C=O) groups excluding carboxylic acids is 1. The normalized spacial score (nSPS) is 17.4. The number of hydrogen-bond acceptors (Lipinski definition) is 6. The number of rotatable bonds is 5. The first-order valence-electron chi connectivity index (χ1n) is 9.33. The number of nitrogens with zero attached hydrogens (tertiary/aromatic N) is 4. The average molecular weight is 365 g/mol. The lowest BCUT2D eigenvalue weighted by Gasteiger charge is -2.23. The SMILES string of the molecule is CC(C)Nc1cncc(-c2ccc3c(n2)c(C=O)nn3C2CCCCO2)c1. The molecule has 1 aliphatic heterocycles. The predicted molar refractivity (Wildman–Crippen MR) is 104 cm³/mol. The van der Waals surface area contributed by atoms with Crippen molar-refractivity contribution in [2.75, 3.05) is 11.9 Å². The number of hydrogen-bond donors (Lipinski definition) is 1. The highest BCUT2D eigenvalue weighted by Crippen LogP contribution is 2.29. The van der Waals surface area contributed by atoms with E-state index in [4.69, 9.17) is 9.72 Å². The Hall–Kier alpha value is -2.80. The summed E-state index contributed by atoms with van der Waals surface area (Å²) >= 11 is 0. The zero-order valence-electron chi connectivity index (χ0n) is 15.6. The summed E-state index contributed by atoms with van der Waals surface area (Å²) in [5.74, 6) is 0. The van der Waals surface area contributed by atoms with Crippen molar-refractivity contribution in [1.82, 2.24) is 19.7 Å². The summed E-state index contributed by atoms with van der Waals surface area (Å²) in [4.78, 5) is 20.6. The maximum Gasteiger partial charge on any atom is 0.172 e. The van der Waals surface area contributed by atoms with Gasteiger partial charge in [0.25, 0.3) is 0 Å². The summed E-state index contributed by atoms with van der Waals surface area (Å²) in [5.41, 5.74) is 4.34. The van der Waals surface area contributed by atoms with Crippen LogP contribution in [0, 0.1) is 0 Å². The van der Waals surface area contributed by atoms with Crippen LogP contribution in [-0.4, -0.2) is 38.7 Å². The third-order valence-electron chi connectivity index (χ3n) is 4.61. The van der Waals surface area contributed by atoms with E-state index < -0.39 is 0 Å². The Morgan fingerprint density at radius 2 is 2.19 bits per heavy atom. The van der Waals surface area contributed by atoms with Gasteiger partial charge in [0.1, 0.15) is 5.52 Å². The minimum absolute atomic E-state index is 0.136. The third kappa shape index (κ3) is 3.55. The van der Waals surface area contributed by atoms with Gasteiger partial charge in [-0.05, 0) is 51.3 Å². The maximum absolute atomic E-state index is 11.6. The smallest absolute Gasteiger partial charge is 0.172 e. The van der Waals surface area contributed by atoms with Gasteiger partial charge >= 0.3 is 0 Å². The first-order chi connectivity index (χ1) is 13.2. The molecule has 27 heavy (non-hydrogen) atoms. The molecule has 140 valence electrons. The van der Waals surface area contributed by atoms with Gasteiger partial charge in [-0.25, -0.2) is 9.67 Å². The standard InChI is InChI=1S/C20H23N5O2/c1-13(2)22-15-9-14(10-21-11-15)16-6-7-18-20(23-16)17(12-26)24-25(18)19-5-3-4-8-27-19/h6-7,9-13,19,22H,3-5,8H2,1-2H3. The summed E-state index contributed by atoms with van der Waals surface area (Å²) in [5, 5.41) is 7.80. The molecule has 0 spiro atoms. The number of carbonyl (C=O) groups is 1. The predicted octanol–water partition coefficient (Wildman–Crippen LogP) is 3.83. The minimum atomic E-state index is -0.136. The fourth-order valence-electron chi connectivity index (χ4n) is 3.41. The molecule has 1 aliphatic rings. The van der Waals surface area contributed by atoms with Crippen LogP contribution in [0.3, 0.4) is 0 Å². The Morgan fingerprint density at radius 3 is 2.93 bits per heavy atom. The summed E-state index contributed by atoms with van der Waals surface area (Å²) in [6, 6.07) is 6.22. The van der Waals surface area contributed by atoms with Gasteiger partial charge < -0.3 is 10.1 Å². The minimum Gasteiger partial charge on any atom is -0.382 e. The molecular formula is C20H23N5O2. The topological polar surface area (TPSA) is 81.9 Å². The Labute approximate surface area is 157 Å². The third-order valence-corrected chi connectivity index (χ3v) is 4.61. The number of anilines is 1. The van der Waals surface area contributed by atoms with Crippen molar-refractivity contribution in [2.45, 2.75) is 45.4 Å². The lowest BCUT2D eigenvalue weighted by molar-refractivity contribution is -0.0367. The molecule has 0 saturated carbocycles. The second-order valence-electron chi connectivity index (χ2n) is 7.09. The molecule has 7 heteroatoms. The van der Waals surface area contributed by atoms with Crippen LogP contribution in [0.15, 0.2) is 30.6 Å². The molecule has 4 heterocycles. The number of pyridine rings is 2. The summed E-state index contributed by atoms with van der Waals surface area (Å²) in [6.45, 7) is 4.87. The van der Waals surface area contributed by atoms with Crippen molar-refractivity contribution in [3.63, 3.8) is 0 Å². The molecule has 0 radical (unpaired) electrons. The molecule has 0 aliphatic carbocycles. The molecule has 7 nitrogen and oxygen atoms in total. The van der Waals surface area contributed by atoms with Crippen molar-refractivity contribution in [3.05, 3.63) is 36.3 Å². The van der Waals surface area contributed by atoms with Crippen LogP contribution < -0.4 is 5.32 Å². The highest BCUT2D eigenvalue weighted by Gasteiger charge is 2.22. The number of aromatic nitrogens is 4. The average Bonchev–Trinajstić information content (AvgIpc) is 3.06. The zero-order chi connectivity index (χ0) is 18.8. The highest BCUT2D eigenvalue weighted by atomic mass is 16.5. The van der Waals surface area contributed by atoms with E-state index in [1.54, 1.807) is 17.1 Å². The van der Waals surface area contributed by atoms with Crippen molar-refractivity contribution in [1.29, 1.82) is 0 Å². The Morgan fingerprint density at radius 1 is 1.30 bits per heavy atom. The number of fused-ring (bicyclic) bond motifs is 1. The first kappa shape index (κ1) is 17.6. The fraction of sp³-hybridized carbons (Fsp3) is 0.400. The quantitative estimate of drug-likeness (QED) is 0.692. The molecule has 1 unspecified atom stereocenters. The Balaban J connectivity index is 1.75. The molecule has 1 N–H and O–H groups in total. The molecule has 0 aromatic carbocycles. The van der Waals surface area contributed by atoms with Crippen LogP contribution in [0.25, 0.3) is 22.3 Å². The van der Waals surface area contributed by atoms with Gasteiger partial charge in [-0.1, -0.05) is 0 Å². The largest absolute Gasteiger partial charge is 0.382 e. The summed E-state index contributed by atoms with van der Waals surface area (Å²) < 4.78 is 7.63. The first-order valence-corrected chi connectivity index (χ1v) is 9.33. The summed E-state index contributed by atoms with van der Waals surface area (Å²) in [6.07, 6.45) is 7.23. The second-order valence-corrected chi connectivity index (χ2v) is 7.09. The monoisotopic (exact) mass is 365 g/mol. The molecule has 1 saturated heterocycles. The van der Waals surface area contributed by atoms with Gasteiger partial charge in [0.2, 0.25) is 0 Å². The van der Waals surface area contributed by atoms with Crippen LogP contribution in [0.4, 0.5) is 5.69 Å². The maximum atomic E-state index is 11.6. The molecule has 3 aromatic heterocycles. The van der Waals surface area contributed by atoms with Crippen molar-refractivity contribution in [3.8, 4) is 11.3 Å². The van der Waals surface area contributed by atoms with Gasteiger partial charge in [-0.3, -0.25) is 9.78 Å². The van der Waals surface area contributed by atoms with E-state index in [1.807, 2.05) is 18.2 Å². The Kier molecular flexibility index (Phi) is 4.85. The van der Waals surface area contributed by atoms with E-state index in [0.717, 1.165) is 54.6 Å². The summed E-state index contributed by atoms with van der Waals surface area (Å²) in [7, 11) is 0. The van der Waals surface area contributed by atoms with Gasteiger partial charge in [0.15, 0.2) is 18.2 Å². The van der Waals surface area contributed by atoms with E-state index >= 15 is 0 Å². The molecule has 0 amide bonds. The van der Waals surface area contributed by atoms with E-state index in [0.29, 0.717) is 17.3 Å². The zero-order valence-corrected chi connectivity index (χ0v) is 15.6. The molecule has 1 fully saturated rings. The molecule has 3 aromatic rings. The molecule has 1 atom stereocenters. The lowest BCUT2D eigenvalue weighted by atomic mass is 10.1. The van der Waals surface area contributed by atoms with Gasteiger partial charge in [-0.15, -0.1) is 0 Å². The lowest BCUT2D eigenvalue weighted by Crippen LogP contribution is -2.19. The van der Waals surface area contributed by atoms with Gasteiger partial charge in [-0.2, -0.15) is 5.10 Å². The van der Waals surface area contributed by atoms with E-state index in [9.17, 15) is 4.79 Å². The van der Waals surface area contributed by atoms with Gasteiger partial charge in [0, 0.05) is 30.6 Å². The van der Waals surface area contributed by atoms with E-state index in [2.05, 4.69) is 29.2 Å². The van der Waals surface area contributed by atoms with E-state index in [-0.39, 0.29) is 6.23 Å². The van der Waals surface area contributed by atoms with Crippen molar-refractivity contribution >= 4 is 23.0 Å². The fourth-order valence-corrected chi connectivity index (χ4v) is 3.41. The van der Waals surface area contributed by atoms with Crippen molar-refractivity contribution in [2.24, 2.45) is 0 Å². The number of nitrogens with one attached hydrogen (secondary N) is 1. The highest BCUT2D eigenvalue weighted by molar-refractivity contribution is 5.93. The van der Waals surface area contributed by atoms with Gasteiger partial charge in [0.05, 0.1) is 16.9 Å². The van der Waals surface area contributed by atoms with Crippen LogP contribution in [0.1, 0.15) is 49.8 Å². The molecular weight excluding hydrogens is 342 g/mol.